The fourth-order valence-electron chi connectivity index (χ4n) is 2.90. The Morgan fingerprint density at radius 1 is 1.36 bits per heavy atom. The third-order valence-corrected chi connectivity index (χ3v) is 5.29. The van der Waals surface area contributed by atoms with Gasteiger partial charge in [0.2, 0.25) is 0 Å². The van der Waals surface area contributed by atoms with E-state index in [1.165, 1.54) is 5.69 Å². The number of nitrogens with one attached hydrogen (secondary N) is 2. The number of guanidine groups is 1. The Kier molecular flexibility index (Phi) is 5.75. The van der Waals surface area contributed by atoms with Gasteiger partial charge in [-0.3, -0.25) is 4.99 Å². The number of nitrogens with zero attached hydrogens (tertiary/aromatic N) is 4. The minimum absolute atomic E-state index is 0.402. The molecule has 1 unspecified atom stereocenters. The van der Waals surface area contributed by atoms with Crippen LogP contribution in [-0.2, 0) is 6.54 Å². The van der Waals surface area contributed by atoms with E-state index < -0.39 is 0 Å². The van der Waals surface area contributed by atoms with E-state index >= 15 is 0 Å². The Morgan fingerprint density at radius 2 is 2.16 bits per heavy atom. The molecule has 0 bridgehead atoms. The Labute approximate surface area is 153 Å². The van der Waals surface area contributed by atoms with E-state index in [0.29, 0.717) is 12.6 Å². The molecular formula is C18H26N6S. The van der Waals surface area contributed by atoms with Crippen LogP contribution in [0.1, 0.15) is 12.1 Å². The van der Waals surface area contributed by atoms with E-state index in [9.17, 15) is 0 Å². The number of aromatic nitrogens is 1. The van der Waals surface area contributed by atoms with Crippen molar-refractivity contribution in [3.63, 3.8) is 0 Å². The van der Waals surface area contributed by atoms with Crippen LogP contribution in [0.5, 0.6) is 0 Å². The molecule has 1 fully saturated rings. The SMILES string of the molecule is CN=C(NCc1csc(N(C)C)n1)NC1CCN(c2ccccc2)C1. The van der Waals surface area contributed by atoms with E-state index in [1.54, 1.807) is 11.3 Å². The number of aliphatic imine (C=N–C) groups is 1. The summed E-state index contributed by atoms with van der Waals surface area (Å²) in [7, 11) is 5.83. The molecule has 2 heterocycles. The van der Waals surface area contributed by atoms with Crippen molar-refractivity contribution in [3.8, 4) is 0 Å². The highest BCUT2D eigenvalue weighted by Crippen LogP contribution is 2.20. The molecule has 0 aliphatic carbocycles. The summed E-state index contributed by atoms with van der Waals surface area (Å²) >= 11 is 1.66. The maximum Gasteiger partial charge on any atom is 0.191 e. The predicted octanol–water partition coefficient (Wildman–Crippen LogP) is 2.15. The van der Waals surface area contributed by atoms with Crippen molar-refractivity contribution >= 4 is 28.1 Å². The van der Waals surface area contributed by atoms with E-state index in [4.69, 9.17) is 0 Å². The van der Waals surface area contributed by atoms with Crippen LogP contribution in [0.25, 0.3) is 0 Å². The molecular weight excluding hydrogens is 332 g/mol. The first-order chi connectivity index (χ1) is 12.2. The molecule has 0 saturated carbocycles. The predicted molar refractivity (Wildman–Crippen MR) is 107 cm³/mol. The van der Waals surface area contributed by atoms with Crippen molar-refractivity contribution in [2.45, 2.75) is 19.0 Å². The van der Waals surface area contributed by atoms with Crippen molar-refractivity contribution in [1.29, 1.82) is 0 Å². The second-order valence-corrected chi connectivity index (χ2v) is 7.19. The number of rotatable bonds is 5. The quantitative estimate of drug-likeness (QED) is 0.634. The van der Waals surface area contributed by atoms with Gasteiger partial charge in [-0.2, -0.15) is 0 Å². The smallest absolute Gasteiger partial charge is 0.191 e. The number of anilines is 2. The Balaban J connectivity index is 1.49. The monoisotopic (exact) mass is 358 g/mol. The van der Waals surface area contributed by atoms with Crippen molar-refractivity contribution < 1.29 is 0 Å². The molecule has 0 amide bonds. The van der Waals surface area contributed by atoms with Gasteiger partial charge in [0.05, 0.1) is 12.2 Å². The van der Waals surface area contributed by atoms with Crippen LogP contribution in [0.4, 0.5) is 10.8 Å². The maximum atomic E-state index is 4.59. The zero-order chi connectivity index (χ0) is 17.6. The molecule has 25 heavy (non-hydrogen) atoms. The lowest BCUT2D eigenvalue weighted by atomic mass is 10.3. The highest BCUT2D eigenvalue weighted by Gasteiger charge is 2.23. The molecule has 0 radical (unpaired) electrons. The number of para-hydroxylation sites is 1. The zero-order valence-electron chi connectivity index (χ0n) is 15.1. The molecule has 134 valence electrons. The van der Waals surface area contributed by atoms with Crippen LogP contribution in [0.15, 0.2) is 40.7 Å². The number of hydrogen-bond acceptors (Lipinski definition) is 5. The third kappa shape index (κ3) is 4.63. The highest BCUT2D eigenvalue weighted by molar-refractivity contribution is 7.13. The zero-order valence-corrected chi connectivity index (χ0v) is 15.9. The molecule has 1 atom stereocenters. The number of thiazole rings is 1. The second-order valence-electron chi connectivity index (χ2n) is 6.35. The van der Waals surface area contributed by atoms with Crippen molar-refractivity contribution in [2.24, 2.45) is 4.99 Å². The van der Waals surface area contributed by atoms with E-state index in [2.05, 4.69) is 61.2 Å². The first-order valence-electron chi connectivity index (χ1n) is 8.54. The first-order valence-corrected chi connectivity index (χ1v) is 9.42. The average Bonchev–Trinajstić information content (AvgIpc) is 3.29. The summed E-state index contributed by atoms with van der Waals surface area (Å²) in [6, 6.07) is 11.0. The van der Waals surface area contributed by atoms with Crippen LogP contribution in [0.2, 0.25) is 0 Å². The van der Waals surface area contributed by atoms with Crippen LogP contribution in [0.3, 0.4) is 0 Å². The molecule has 2 aromatic rings. The van der Waals surface area contributed by atoms with Gasteiger partial charge in [0, 0.05) is 51.3 Å². The molecule has 6 nitrogen and oxygen atoms in total. The van der Waals surface area contributed by atoms with Gasteiger partial charge in [0.25, 0.3) is 0 Å². The molecule has 1 saturated heterocycles. The summed E-state index contributed by atoms with van der Waals surface area (Å²) in [6.07, 6.45) is 1.11. The highest BCUT2D eigenvalue weighted by atomic mass is 32.1. The Bertz CT molecular complexity index is 697. The maximum absolute atomic E-state index is 4.59. The Hall–Kier alpha value is -2.28. The normalized spacial score (nSPS) is 17.6. The van der Waals surface area contributed by atoms with Gasteiger partial charge in [-0.05, 0) is 18.6 Å². The van der Waals surface area contributed by atoms with Gasteiger partial charge in [-0.1, -0.05) is 18.2 Å². The third-order valence-electron chi connectivity index (χ3n) is 4.23. The summed E-state index contributed by atoms with van der Waals surface area (Å²) in [5.41, 5.74) is 2.32. The molecule has 3 rings (SSSR count). The van der Waals surface area contributed by atoms with Gasteiger partial charge in [0.1, 0.15) is 0 Å². The number of benzene rings is 1. The molecule has 7 heteroatoms. The van der Waals surface area contributed by atoms with Gasteiger partial charge in [-0.25, -0.2) is 4.98 Å². The second kappa shape index (κ2) is 8.20. The lowest BCUT2D eigenvalue weighted by Crippen LogP contribution is -2.44. The van der Waals surface area contributed by atoms with Crippen molar-refractivity contribution in [1.82, 2.24) is 15.6 Å². The summed E-state index contributed by atoms with van der Waals surface area (Å²) in [5, 5.41) is 10.0. The largest absolute Gasteiger partial charge is 0.369 e. The van der Waals surface area contributed by atoms with E-state index in [-0.39, 0.29) is 0 Å². The molecule has 0 spiro atoms. The fraction of sp³-hybridized carbons (Fsp3) is 0.444. The van der Waals surface area contributed by atoms with Crippen LogP contribution in [-0.4, -0.2) is 51.2 Å². The summed E-state index contributed by atoms with van der Waals surface area (Å²) in [4.78, 5) is 13.4. The van der Waals surface area contributed by atoms with Crippen LogP contribution in [0, 0.1) is 0 Å². The molecule has 1 aliphatic rings. The first kappa shape index (κ1) is 17.5. The van der Waals surface area contributed by atoms with Crippen molar-refractivity contribution in [2.75, 3.05) is 44.0 Å². The summed E-state index contributed by atoms with van der Waals surface area (Å²) in [5.74, 6) is 0.833. The van der Waals surface area contributed by atoms with Gasteiger partial charge in [-0.15, -0.1) is 11.3 Å². The van der Waals surface area contributed by atoms with Crippen molar-refractivity contribution in [3.05, 3.63) is 41.4 Å². The Morgan fingerprint density at radius 3 is 2.84 bits per heavy atom. The lowest BCUT2D eigenvalue weighted by Gasteiger charge is -2.20. The minimum Gasteiger partial charge on any atom is -0.369 e. The van der Waals surface area contributed by atoms with Gasteiger partial charge in [0.15, 0.2) is 11.1 Å². The lowest BCUT2D eigenvalue weighted by molar-refractivity contribution is 0.647. The van der Waals surface area contributed by atoms with Crippen LogP contribution < -0.4 is 20.4 Å². The number of hydrogen-bond donors (Lipinski definition) is 2. The molecule has 1 aromatic heterocycles. The van der Waals surface area contributed by atoms with Crippen LogP contribution >= 0.6 is 11.3 Å². The van der Waals surface area contributed by atoms with Gasteiger partial charge < -0.3 is 20.4 Å². The van der Waals surface area contributed by atoms with E-state index in [1.807, 2.05) is 26.0 Å². The average molecular weight is 359 g/mol. The van der Waals surface area contributed by atoms with Gasteiger partial charge >= 0.3 is 0 Å². The topological polar surface area (TPSA) is 55.8 Å². The standard InChI is InChI=1S/C18H26N6S/c1-19-17(20-11-15-13-25-18(22-15)23(2)3)21-14-9-10-24(12-14)16-7-5-4-6-8-16/h4-8,13-14H,9-12H2,1-3H3,(H2,19,20,21). The van der Waals surface area contributed by atoms with E-state index in [0.717, 1.165) is 36.3 Å². The molecule has 1 aromatic carbocycles. The summed E-state index contributed by atoms with van der Waals surface area (Å²) in [6.45, 7) is 2.74. The minimum atomic E-state index is 0.402. The molecule has 1 aliphatic heterocycles. The fourth-order valence-corrected chi connectivity index (χ4v) is 3.65. The molecule has 2 N–H and O–H groups in total. The summed E-state index contributed by atoms with van der Waals surface area (Å²) < 4.78 is 0.